The van der Waals surface area contributed by atoms with Crippen molar-refractivity contribution in [1.82, 2.24) is 5.32 Å². The average Bonchev–Trinajstić information content (AvgIpc) is 2.09. The van der Waals surface area contributed by atoms with Gasteiger partial charge in [-0.15, -0.1) is 0 Å². The second-order valence-electron chi connectivity index (χ2n) is 3.90. The van der Waals surface area contributed by atoms with Crippen LogP contribution in [0.3, 0.4) is 0 Å². The fourth-order valence-electron chi connectivity index (χ4n) is 0.866. The van der Waals surface area contributed by atoms with Gasteiger partial charge in [0.15, 0.2) is 0 Å². The Hall–Kier alpha value is -0.610. The Labute approximate surface area is 86.2 Å². The van der Waals surface area contributed by atoms with Crippen molar-refractivity contribution in [3.8, 4) is 0 Å². The van der Waals surface area contributed by atoms with E-state index in [1.807, 2.05) is 0 Å². The Morgan fingerprint density at radius 1 is 1.43 bits per heavy atom. The SMILES string of the molecule is CC(C)COCCCNC(=O)[C@@H](C)N. The summed E-state index contributed by atoms with van der Waals surface area (Å²) in [5, 5.41) is 2.73. The third-order valence-electron chi connectivity index (χ3n) is 1.63. The van der Waals surface area contributed by atoms with Crippen molar-refractivity contribution in [3.63, 3.8) is 0 Å². The molecule has 4 nitrogen and oxygen atoms in total. The highest BCUT2D eigenvalue weighted by molar-refractivity contribution is 5.80. The number of nitrogens with one attached hydrogen (secondary N) is 1. The maximum Gasteiger partial charge on any atom is 0.236 e. The molecule has 0 heterocycles. The van der Waals surface area contributed by atoms with Gasteiger partial charge in [0.2, 0.25) is 5.91 Å². The molecule has 0 aliphatic rings. The van der Waals surface area contributed by atoms with E-state index in [9.17, 15) is 4.79 Å². The van der Waals surface area contributed by atoms with Crippen LogP contribution in [-0.4, -0.2) is 31.7 Å². The lowest BCUT2D eigenvalue weighted by atomic mass is 10.2. The minimum atomic E-state index is -0.424. The van der Waals surface area contributed by atoms with E-state index in [2.05, 4.69) is 19.2 Å². The Bertz CT molecular complexity index is 158. The molecule has 0 rings (SSSR count). The monoisotopic (exact) mass is 202 g/mol. The van der Waals surface area contributed by atoms with Crippen LogP contribution in [0.25, 0.3) is 0 Å². The Morgan fingerprint density at radius 3 is 2.57 bits per heavy atom. The predicted molar refractivity (Wildman–Crippen MR) is 56.9 cm³/mol. The summed E-state index contributed by atoms with van der Waals surface area (Å²) in [5.74, 6) is 0.461. The van der Waals surface area contributed by atoms with Gasteiger partial charge in [-0.05, 0) is 19.3 Å². The van der Waals surface area contributed by atoms with Crippen LogP contribution in [0.5, 0.6) is 0 Å². The zero-order valence-corrected chi connectivity index (χ0v) is 9.38. The summed E-state index contributed by atoms with van der Waals surface area (Å²) >= 11 is 0. The van der Waals surface area contributed by atoms with Gasteiger partial charge in [-0.3, -0.25) is 4.79 Å². The van der Waals surface area contributed by atoms with Crippen molar-refractivity contribution in [2.75, 3.05) is 19.8 Å². The number of rotatable bonds is 7. The number of ether oxygens (including phenoxy) is 1. The fourth-order valence-corrected chi connectivity index (χ4v) is 0.866. The lowest BCUT2D eigenvalue weighted by molar-refractivity contribution is -0.122. The lowest BCUT2D eigenvalue weighted by Crippen LogP contribution is -2.38. The molecule has 4 heteroatoms. The van der Waals surface area contributed by atoms with E-state index in [1.165, 1.54) is 0 Å². The molecule has 14 heavy (non-hydrogen) atoms. The molecule has 0 aromatic carbocycles. The predicted octanol–water partition coefficient (Wildman–Crippen LogP) is 0.513. The van der Waals surface area contributed by atoms with E-state index < -0.39 is 6.04 Å². The third-order valence-corrected chi connectivity index (χ3v) is 1.63. The minimum Gasteiger partial charge on any atom is -0.381 e. The van der Waals surface area contributed by atoms with Crippen molar-refractivity contribution in [2.45, 2.75) is 33.2 Å². The smallest absolute Gasteiger partial charge is 0.236 e. The molecule has 1 amide bonds. The van der Waals surface area contributed by atoms with E-state index in [1.54, 1.807) is 6.92 Å². The zero-order chi connectivity index (χ0) is 11.0. The molecule has 0 saturated heterocycles. The van der Waals surface area contributed by atoms with Gasteiger partial charge in [-0.2, -0.15) is 0 Å². The number of nitrogens with two attached hydrogens (primary N) is 1. The number of hydrogen-bond acceptors (Lipinski definition) is 3. The van der Waals surface area contributed by atoms with Gasteiger partial charge in [-0.25, -0.2) is 0 Å². The van der Waals surface area contributed by atoms with E-state index in [0.29, 0.717) is 19.1 Å². The van der Waals surface area contributed by atoms with Crippen LogP contribution in [0.1, 0.15) is 27.2 Å². The van der Waals surface area contributed by atoms with Gasteiger partial charge in [0.1, 0.15) is 0 Å². The number of carbonyl (C=O) groups excluding carboxylic acids is 1. The van der Waals surface area contributed by atoms with Crippen LogP contribution in [0.15, 0.2) is 0 Å². The summed E-state index contributed by atoms with van der Waals surface area (Å²) in [6.45, 7) is 8.00. The minimum absolute atomic E-state index is 0.103. The van der Waals surface area contributed by atoms with Crippen molar-refractivity contribution in [3.05, 3.63) is 0 Å². The van der Waals surface area contributed by atoms with Crippen molar-refractivity contribution < 1.29 is 9.53 Å². The first-order valence-electron chi connectivity index (χ1n) is 5.15. The molecule has 84 valence electrons. The van der Waals surface area contributed by atoms with Crippen molar-refractivity contribution in [1.29, 1.82) is 0 Å². The highest BCUT2D eigenvalue weighted by Crippen LogP contribution is 1.92. The second kappa shape index (κ2) is 7.76. The molecular weight excluding hydrogens is 180 g/mol. The molecule has 0 aromatic heterocycles. The van der Waals surface area contributed by atoms with Gasteiger partial charge in [0.25, 0.3) is 0 Å². The van der Waals surface area contributed by atoms with E-state index >= 15 is 0 Å². The van der Waals surface area contributed by atoms with Gasteiger partial charge in [0.05, 0.1) is 6.04 Å². The molecule has 0 aliphatic carbocycles. The normalized spacial score (nSPS) is 12.9. The fraction of sp³-hybridized carbons (Fsp3) is 0.900. The third kappa shape index (κ3) is 8.01. The lowest BCUT2D eigenvalue weighted by Gasteiger charge is -2.08. The van der Waals surface area contributed by atoms with Gasteiger partial charge in [-0.1, -0.05) is 13.8 Å². The topological polar surface area (TPSA) is 64.3 Å². The summed E-state index contributed by atoms with van der Waals surface area (Å²) in [6, 6.07) is -0.424. The van der Waals surface area contributed by atoms with Crippen LogP contribution < -0.4 is 11.1 Å². The average molecular weight is 202 g/mol. The van der Waals surface area contributed by atoms with Crippen LogP contribution >= 0.6 is 0 Å². The molecule has 3 N–H and O–H groups in total. The number of amides is 1. The highest BCUT2D eigenvalue weighted by atomic mass is 16.5. The van der Waals surface area contributed by atoms with Crippen LogP contribution in [0.2, 0.25) is 0 Å². The van der Waals surface area contributed by atoms with Crippen LogP contribution in [0, 0.1) is 5.92 Å². The molecule has 0 fully saturated rings. The maximum absolute atomic E-state index is 11.0. The second-order valence-corrected chi connectivity index (χ2v) is 3.90. The standard InChI is InChI=1S/C10H22N2O2/c1-8(2)7-14-6-4-5-12-10(13)9(3)11/h8-9H,4-7,11H2,1-3H3,(H,12,13)/t9-/m1/s1. The first kappa shape index (κ1) is 13.4. The van der Waals surface area contributed by atoms with Gasteiger partial charge in [0, 0.05) is 19.8 Å². The first-order chi connectivity index (χ1) is 6.54. The summed E-state index contributed by atoms with van der Waals surface area (Å²) in [6.07, 6.45) is 0.838. The van der Waals surface area contributed by atoms with Crippen molar-refractivity contribution in [2.24, 2.45) is 11.7 Å². The summed E-state index contributed by atoms with van der Waals surface area (Å²) in [5.41, 5.74) is 5.37. The molecule has 0 aliphatic heterocycles. The van der Waals surface area contributed by atoms with E-state index in [4.69, 9.17) is 10.5 Å². The highest BCUT2D eigenvalue weighted by Gasteiger charge is 2.04. The molecular formula is C10H22N2O2. The molecule has 0 saturated carbocycles. The molecule has 0 aromatic rings. The first-order valence-corrected chi connectivity index (χ1v) is 5.15. The number of carbonyl (C=O) groups is 1. The van der Waals surface area contributed by atoms with Crippen molar-refractivity contribution >= 4 is 5.91 Å². The Kier molecular flexibility index (Phi) is 7.42. The number of hydrogen-bond donors (Lipinski definition) is 2. The van der Waals surface area contributed by atoms with Crippen LogP contribution in [0.4, 0.5) is 0 Å². The largest absolute Gasteiger partial charge is 0.381 e. The summed E-state index contributed by atoms with van der Waals surface area (Å²) < 4.78 is 5.35. The Balaban J connectivity index is 3.18. The quantitative estimate of drug-likeness (QED) is 0.591. The Morgan fingerprint density at radius 2 is 2.07 bits per heavy atom. The van der Waals surface area contributed by atoms with Gasteiger partial charge < -0.3 is 15.8 Å². The van der Waals surface area contributed by atoms with Crippen LogP contribution in [-0.2, 0) is 9.53 Å². The molecule has 0 radical (unpaired) electrons. The summed E-state index contributed by atoms with van der Waals surface area (Å²) in [4.78, 5) is 11.0. The molecule has 0 spiro atoms. The van der Waals surface area contributed by atoms with E-state index in [0.717, 1.165) is 13.0 Å². The zero-order valence-electron chi connectivity index (χ0n) is 9.38. The molecule has 0 bridgehead atoms. The molecule has 0 unspecified atom stereocenters. The summed E-state index contributed by atoms with van der Waals surface area (Å²) in [7, 11) is 0. The molecule has 1 atom stereocenters. The van der Waals surface area contributed by atoms with Gasteiger partial charge >= 0.3 is 0 Å². The maximum atomic E-state index is 11.0. The van der Waals surface area contributed by atoms with E-state index in [-0.39, 0.29) is 5.91 Å².